The van der Waals surface area contributed by atoms with Gasteiger partial charge < -0.3 is 29.9 Å². The van der Waals surface area contributed by atoms with Crippen LogP contribution in [-0.2, 0) is 0 Å². The highest BCUT2D eigenvalue weighted by Gasteiger charge is 2.32. The van der Waals surface area contributed by atoms with Gasteiger partial charge in [-0.3, -0.25) is 4.79 Å². The van der Waals surface area contributed by atoms with E-state index in [0.29, 0.717) is 5.56 Å². The van der Waals surface area contributed by atoms with Crippen LogP contribution in [0.2, 0.25) is 0 Å². The highest BCUT2D eigenvalue weighted by Crippen LogP contribution is 2.40. The number of aromatic hydroxyl groups is 5. The Kier molecular flexibility index (Phi) is 4.98. The van der Waals surface area contributed by atoms with Gasteiger partial charge in [0.05, 0.1) is 11.5 Å². The molecule has 0 fully saturated rings. The Morgan fingerprint density at radius 3 is 2.25 bits per heavy atom. The van der Waals surface area contributed by atoms with Gasteiger partial charge in [-0.15, -0.1) is 0 Å². The third kappa shape index (κ3) is 3.37. The number of phenols is 4. The van der Waals surface area contributed by atoms with Crippen LogP contribution < -0.4 is 5.63 Å². The van der Waals surface area contributed by atoms with E-state index in [-0.39, 0.29) is 33.6 Å². The molecule has 3 aromatic carbocycles. The molecular formula is C24H18O8. The lowest BCUT2D eigenvalue weighted by molar-refractivity contribution is 0.0970. The molecule has 8 heteroatoms. The predicted molar refractivity (Wildman–Crippen MR) is 115 cm³/mol. The smallest absolute Gasteiger partial charge is 0.344 e. The molecule has 0 saturated carbocycles. The van der Waals surface area contributed by atoms with Crippen molar-refractivity contribution in [2.75, 3.05) is 0 Å². The predicted octanol–water partition coefficient (Wildman–Crippen LogP) is 3.64. The largest absolute Gasteiger partial charge is 0.508 e. The van der Waals surface area contributed by atoms with E-state index >= 15 is 0 Å². The summed E-state index contributed by atoms with van der Waals surface area (Å²) in [4.78, 5) is 26.4. The lowest BCUT2D eigenvalue weighted by Crippen LogP contribution is -2.22. The van der Waals surface area contributed by atoms with E-state index < -0.39 is 40.1 Å². The second kappa shape index (κ2) is 7.66. The quantitative estimate of drug-likeness (QED) is 0.186. The van der Waals surface area contributed by atoms with Crippen LogP contribution in [0.1, 0.15) is 33.0 Å². The molecule has 0 aliphatic rings. The van der Waals surface area contributed by atoms with Crippen LogP contribution in [0.3, 0.4) is 0 Å². The Morgan fingerprint density at radius 1 is 0.844 bits per heavy atom. The van der Waals surface area contributed by atoms with Gasteiger partial charge in [-0.2, -0.15) is 0 Å². The van der Waals surface area contributed by atoms with E-state index in [0.717, 1.165) is 12.1 Å². The monoisotopic (exact) mass is 434 g/mol. The van der Waals surface area contributed by atoms with Crippen LogP contribution in [0.25, 0.3) is 11.0 Å². The number of phenolic OH excluding ortho intramolecular Hbond substituents is 4. The van der Waals surface area contributed by atoms with Crippen molar-refractivity contribution in [2.45, 2.75) is 12.8 Å². The van der Waals surface area contributed by atoms with Gasteiger partial charge in [0, 0.05) is 5.56 Å². The van der Waals surface area contributed by atoms with Gasteiger partial charge in [-0.1, -0.05) is 18.2 Å². The van der Waals surface area contributed by atoms with Crippen molar-refractivity contribution < 1.29 is 34.7 Å². The van der Waals surface area contributed by atoms with E-state index in [2.05, 4.69) is 0 Å². The molecule has 4 rings (SSSR count). The molecule has 0 amide bonds. The number of aryl methyl sites for hydroxylation is 1. The maximum atomic E-state index is 13.5. The molecule has 0 spiro atoms. The number of carbonyl (C=O) groups excluding carboxylic acids is 1. The second-order valence-corrected chi connectivity index (χ2v) is 7.35. The molecule has 0 bridgehead atoms. The van der Waals surface area contributed by atoms with Crippen molar-refractivity contribution in [1.29, 1.82) is 0 Å². The fraction of sp³-hybridized carbons (Fsp3) is 0.0833. The zero-order valence-electron chi connectivity index (χ0n) is 16.7. The molecule has 32 heavy (non-hydrogen) atoms. The van der Waals surface area contributed by atoms with Gasteiger partial charge in [0.1, 0.15) is 28.2 Å². The number of fused-ring (bicyclic) bond motifs is 1. The second-order valence-electron chi connectivity index (χ2n) is 7.35. The molecule has 0 aliphatic heterocycles. The summed E-state index contributed by atoms with van der Waals surface area (Å²) in [5.74, 6) is -4.07. The number of rotatable bonds is 4. The van der Waals surface area contributed by atoms with E-state index in [4.69, 9.17) is 4.42 Å². The molecular weight excluding hydrogens is 416 g/mol. The summed E-state index contributed by atoms with van der Waals surface area (Å²) >= 11 is 0. The number of ketones is 1. The van der Waals surface area contributed by atoms with Gasteiger partial charge in [-0.05, 0) is 54.4 Å². The lowest BCUT2D eigenvalue weighted by Gasteiger charge is -2.19. The Bertz CT molecular complexity index is 1430. The molecule has 1 heterocycles. The minimum atomic E-state index is -1.40. The summed E-state index contributed by atoms with van der Waals surface area (Å²) in [6.07, 6.45) is 0. The Hall–Kier alpha value is -4.46. The van der Waals surface area contributed by atoms with E-state index in [1.807, 2.05) is 0 Å². The fourth-order valence-electron chi connectivity index (χ4n) is 3.63. The molecule has 4 aromatic rings. The maximum Gasteiger partial charge on any atom is 0.344 e. The van der Waals surface area contributed by atoms with Gasteiger partial charge in [-0.25, -0.2) is 4.79 Å². The third-order valence-electron chi connectivity index (χ3n) is 5.28. The van der Waals surface area contributed by atoms with E-state index in [1.54, 1.807) is 6.92 Å². The van der Waals surface area contributed by atoms with Gasteiger partial charge in [0.15, 0.2) is 17.3 Å². The van der Waals surface area contributed by atoms with Crippen molar-refractivity contribution in [2.24, 2.45) is 0 Å². The average molecular weight is 434 g/mol. The average Bonchev–Trinajstić information content (AvgIpc) is 2.74. The normalized spacial score (nSPS) is 12.0. The van der Waals surface area contributed by atoms with Crippen molar-refractivity contribution in [3.05, 3.63) is 87.3 Å². The molecule has 8 nitrogen and oxygen atoms in total. The van der Waals surface area contributed by atoms with Crippen LogP contribution in [0.15, 0.2) is 63.8 Å². The Balaban J connectivity index is 2.03. The first-order chi connectivity index (χ1) is 15.2. The number of benzene rings is 3. The highest BCUT2D eigenvalue weighted by atomic mass is 16.4. The van der Waals surface area contributed by atoms with Gasteiger partial charge in [0.2, 0.25) is 0 Å². The van der Waals surface area contributed by atoms with E-state index in [9.17, 15) is 35.1 Å². The first-order valence-corrected chi connectivity index (χ1v) is 9.52. The minimum absolute atomic E-state index is 0.0327. The summed E-state index contributed by atoms with van der Waals surface area (Å²) in [6, 6.07) is 11.8. The minimum Gasteiger partial charge on any atom is -0.508 e. The fourth-order valence-corrected chi connectivity index (χ4v) is 3.63. The molecule has 1 aromatic heterocycles. The van der Waals surface area contributed by atoms with Crippen LogP contribution in [0, 0.1) is 6.92 Å². The number of Topliss-reactive ketones (excluding diaryl/α,β-unsaturated/α-hetero) is 1. The van der Waals surface area contributed by atoms with Crippen LogP contribution >= 0.6 is 0 Å². The summed E-state index contributed by atoms with van der Waals surface area (Å²) in [7, 11) is 0. The molecule has 1 unspecified atom stereocenters. The summed E-state index contributed by atoms with van der Waals surface area (Å²) in [5.41, 5.74) is -0.843. The first-order valence-electron chi connectivity index (χ1n) is 9.52. The van der Waals surface area contributed by atoms with Crippen LogP contribution in [-0.4, -0.2) is 31.3 Å². The first kappa shape index (κ1) is 20.8. The molecule has 1 atom stereocenters. The highest BCUT2D eigenvalue weighted by molar-refractivity contribution is 6.05. The topological polar surface area (TPSA) is 148 Å². The molecule has 162 valence electrons. The van der Waals surface area contributed by atoms with Crippen molar-refractivity contribution in [3.63, 3.8) is 0 Å². The molecule has 5 N–H and O–H groups in total. The zero-order valence-corrected chi connectivity index (χ0v) is 16.7. The standard InChI is InChI=1S/C24H18O8/c1-11-9-12(5-7-14(11)25)19(22(29)13-6-8-15(26)17(28)10-13)21-23(30)20-16(27)3-2-4-18(20)32-24(21)31/h2-10,19,25-28,30H,1H3. The molecule has 0 saturated heterocycles. The molecule has 0 aliphatic carbocycles. The van der Waals surface area contributed by atoms with Crippen molar-refractivity contribution >= 4 is 16.8 Å². The zero-order chi connectivity index (χ0) is 23.2. The third-order valence-corrected chi connectivity index (χ3v) is 5.28. The maximum absolute atomic E-state index is 13.5. The van der Waals surface area contributed by atoms with Crippen LogP contribution in [0.4, 0.5) is 0 Å². The number of hydrogen-bond acceptors (Lipinski definition) is 8. The summed E-state index contributed by atoms with van der Waals surface area (Å²) < 4.78 is 5.27. The van der Waals surface area contributed by atoms with Crippen LogP contribution in [0.5, 0.6) is 28.7 Å². The van der Waals surface area contributed by atoms with Gasteiger partial charge >= 0.3 is 5.63 Å². The number of carbonyl (C=O) groups is 1. The van der Waals surface area contributed by atoms with Gasteiger partial charge in [0.25, 0.3) is 0 Å². The van der Waals surface area contributed by atoms with E-state index in [1.165, 1.54) is 42.5 Å². The number of hydrogen-bond donors (Lipinski definition) is 5. The molecule has 0 radical (unpaired) electrons. The lowest BCUT2D eigenvalue weighted by atomic mass is 9.84. The Morgan fingerprint density at radius 2 is 1.56 bits per heavy atom. The van der Waals surface area contributed by atoms with Crippen molar-refractivity contribution in [1.82, 2.24) is 0 Å². The van der Waals surface area contributed by atoms with Crippen molar-refractivity contribution in [3.8, 4) is 28.7 Å². The Labute approximate surface area is 180 Å². The summed E-state index contributed by atoms with van der Waals surface area (Å²) in [5, 5.41) is 50.4. The summed E-state index contributed by atoms with van der Waals surface area (Å²) in [6.45, 7) is 1.60. The SMILES string of the molecule is Cc1cc(C(C(=O)c2ccc(O)c(O)c2)c2c(O)c3c(O)cccc3oc2=O)ccc1O.